The molecule has 0 aromatic heterocycles. The number of benzene rings is 2. The van der Waals surface area contributed by atoms with Crippen molar-refractivity contribution in [1.29, 1.82) is 5.26 Å². The molecule has 2 atom stereocenters. The molecule has 0 radical (unpaired) electrons. The molecule has 4 aliphatic rings. The van der Waals surface area contributed by atoms with Crippen LogP contribution < -0.4 is 5.32 Å². The largest absolute Gasteiger partial charge is 0.455 e. The van der Waals surface area contributed by atoms with Gasteiger partial charge in [-0.3, -0.25) is 9.59 Å². The Balaban J connectivity index is 1.29. The average Bonchev–Trinajstić information content (AvgIpc) is 2.77. The quantitative estimate of drug-likeness (QED) is 0.635. The molecule has 2 unspecified atom stereocenters. The van der Waals surface area contributed by atoms with Crippen molar-refractivity contribution in [2.24, 2.45) is 17.3 Å². The van der Waals surface area contributed by atoms with Gasteiger partial charge in [-0.15, -0.1) is 0 Å². The van der Waals surface area contributed by atoms with Crippen LogP contribution in [-0.2, 0) is 19.7 Å². The lowest BCUT2D eigenvalue weighted by molar-refractivity contribution is -0.175. The van der Waals surface area contributed by atoms with Crippen LogP contribution in [0.4, 0.5) is 5.69 Å². The molecule has 0 spiro atoms. The fraction of sp³-hybridized carbons (Fsp3) is 0.423. The zero-order chi connectivity index (χ0) is 22.3. The van der Waals surface area contributed by atoms with Crippen molar-refractivity contribution >= 4 is 29.2 Å². The van der Waals surface area contributed by atoms with E-state index in [9.17, 15) is 14.9 Å². The summed E-state index contributed by atoms with van der Waals surface area (Å²) in [5, 5.41) is 12.3. The van der Waals surface area contributed by atoms with Crippen LogP contribution in [0.15, 0.2) is 48.5 Å². The molecule has 6 heteroatoms. The van der Waals surface area contributed by atoms with Gasteiger partial charge in [0, 0.05) is 5.02 Å². The fourth-order valence-corrected chi connectivity index (χ4v) is 6.99. The molecule has 6 rings (SSSR count). The molecule has 4 aliphatic carbocycles. The number of ether oxygens (including phenoxy) is 1. The molecule has 0 aliphatic heterocycles. The Kier molecular flexibility index (Phi) is 5.22. The van der Waals surface area contributed by atoms with Crippen LogP contribution in [0.5, 0.6) is 0 Å². The summed E-state index contributed by atoms with van der Waals surface area (Å²) in [6.07, 6.45) is 5.96. The van der Waals surface area contributed by atoms with Crippen LogP contribution in [0.2, 0.25) is 5.02 Å². The van der Waals surface area contributed by atoms with Crippen LogP contribution in [-0.4, -0.2) is 18.5 Å². The van der Waals surface area contributed by atoms with Gasteiger partial charge < -0.3 is 10.1 Å². The van der Waals surface area contributed by atoms with Gasteiger partial charge in [0.15, 0.2) is 6.61 Å². The molecule has 4 fully saturated rings. The Morgan fingerprint density at radius 2 is 1.81 bits per heavy atom. The summed E-state index contributed by atoms with van der Waals surface area (Å²) in [5.41, 5.74) is 1.48. The second-order valence-electron chi connectivity index (χ2n) is 9.81. The van der Waals surface area contributed by atoms with E-state index in [2.05, 4.69) is 29.6 Å². The predicted molar refractivity (Wildman–Crippen MR) is 121 cm³/mol. The maximum absolute atomic E-state index is 13.3. The van der Waals surface area contributed by atoms with E-state index < -0.39 is 11.3 Å². The van der Waals surface area contributed by atoms with E-state index in [1.165, 1.54) is 18.1 Å². The minimum absolute atomic E-state index is 0.0368. The second kappa shape index (κ2) is 7.94. The topological polar surface area (TPSA) is 79.2 Å². The van der Waals surface area contributed by atoms with Gasteiger partial charge >= 0.3 is 5.97 Å². The molecule has 5 nitrogen and oxygen atoms in total. The monoisotopic (exact) mass is 448 g/mol. The van der Waals surface area contributed by atoms with Crippen LogP contribution in [0, 0.1) is 28.6 Å². The van der Waals surface area contributed by atoms with Crippen LogP contribution in [0.3, 0.4) is 0 Å². The fourth-order valence-electron chi connectivity index (χ4n) is 6.82. The number of esters is 1. The Labute approximate surface area is 192 Å². The zero-order valence-corrected chi connectivity index (χ0v) is 18.5. The van der Waals surface area contributed by atoms with Gasteiger partial charge in [-0.05, 0) is 79.5 Å². The molecule has 4 bridgehead atoms. The van der Waals surface area contributed by atoms with E-state index in [1.807, 2.05) is 12.1 Å². The first-order chi connectivity index (χ1) is 15.4. The van der Waals surface area contributed by atoms with E-state index in [4.69, 9.17) is 16.3 Å². The number of halogens is 1. The standard InChI is InChI=1S/C26H25ClN2O3/c27-21-7-6-19(14-28)22(9-21)29-23(30)15-32-24(31)26-12-17-8-18(13-26)11-25(10-17,16-26)20-4-2-1-3-5-20/h1-7,9,17-18H,8,10-13,15-16H2,(H,29,30). The summed E-state index contributed by atoms with van der Waals surface area (Å²) >= 11 is 5.98. The lowest BCUT2D eigenvalue weighted by Gasteiger charge is -2.61. The lowest BCUT2D eigenvalue weighted by atomic mass is 9.43. The molecule has 0 heterocycles. The number of hydrogen-bond donors (Lipinski definition) is 1. The number of nitrogens with zero attached hydrogens (tertiary/aromatic N) is 1. The highest BCUT2D eigenvalue weighted by molar-refractivity contribution is 6.31. The Hall–Kier alpha value is -2.84. The number of nitrogens with one attached hydrogen (secondary N) is 1. The third-order valence-electron chi connectivity index (χ3n) is 7.59. The van der Waals surface area contributed by atoms with Crippen LogP contribution in [0.25, 0.3) is 0 Å². The maximum Gasteiger partial charge on any atom is 0.312 e. The van der Waals surface area contributed by atoms with Crippen LogP contribution >= 0.6 is 11.6 Å². The van der Waals surface area contributed by atoms with E-state index in [0.717, 1.165) is 32.1 Å². The van der Waals surface area contributed by atoms with E-state index in [0.29, 0.717) is 28.1 Å². The number of carbonyl (C=O) groups excluding carboxylic acids is 2. The number of hydrogen-bond acceptors (Lipinski definition) is 4. The summed E-state index contributed by atoms with van der Waals surface area (Å²) in [7, 11) is 0. The molecule has 164 valence electrons. The third kappa shape index (κ3) is 3.67. The molecular weight excluding hydrogens is 424 g/mol. The van der Waals surface area contributed by atoms with Gasteiger partial charge in [-0.25, -0.2) is 0 Å². The zero-order valence-electron chi connectivity index (χ0n) is 17.8. The van der Waals surface area contributed by atoms with Crippen molar-refractivity contribution in [3.8, 4) is 6.07 Å². The highest BCUT2D eigenvalue weighted by Crippen LogP contribution is 2.66. The Morgan fingerprint density at radius 3 is 2.50 bits per heavy atom. The molecular formula is C26H25ClN2O3. The Morgan fingerprint density at radius 1 is 1.09 bits per heavy atom. The maximum atomic E-state index is 13.3. The van der Waals surface area contributed by atoms with Crippen molar-refractivity contribution in [1.82, 2.24) is 0 Å². The third-order valence-corrected chi connectivity index (χ3v) is 7.83. The van der Waals surface area contributed by atoms with Gasteiger partial charge in [0.2, 0.25) is 0 Å². The van der Waals surface area contributed by atoms with Gasteiger partial charge in [0.1, 0.15) is 6.07 Å². The van der Waals surface area contributed by atoms with Crippen LogP contribution in [0.1, 0.15) is 49.7 Å². The van der Waals surface area contributed by atoms with Crippen molar-refractivity contribution in [2.45, 2.75) is 43.9 Å². The normalized spacial score (nSPS) is 29.9. The molecule has 32 heavy (non-hydrogen) atoms. The first-order valence-electron chi connectivity index (χ1n) is 11.1. The molecule has 0 saturated heterocycles. The molecule has 2 aromatic carbocycles. The minimum Gasteiger partial charge on any atom is -0.455 e. The van der Waals surface area contributed by atoms with Gasteiger partial charge in [0.25, 0.3) is 5.91 Å². The minimum atomic E-state index is -0.506. The first-order valence-corrected chi connectivity index (χ1v) is 11.5. The highest BCUT2D eigenvalue weighted by Gasteiger charge is 2.61. The van der Waals surface area contributed by atoms with E-state index in [1.54, 1.807) is 12.1 Å². The number of nitriles is 1. The van der Waals surface area contributed by atoms with E-state index in [-0.39, 0.29) is 18.0 Å². The number of anilines is 1. The molecule has 2 aromatic rings. The second-order valence-corrected chi connectivity index (χ2v) is 10.3. The summed E-state index contributed by atoms with van der Waals surface area (Å²) in [5.74, 6) is 0.332. The van der Waals surface area contributed by atoms with Crippen molar-refractivity contribution < 1.29 is 14.3 Å². The molecule has 4 saturated carbocycles. The highest BCUT2D eigenvalue weighted by atomic mass is 35.5. The Bertz CT molecular complexity index is 1090. The average molecular weight is 449 g/mol. The SMILES string of the molecule is N#Cc1ccc(Cl)cc1NC(=O)COC(=O)C12CC3CC(C1)CC(c1ccccc1)(C3)C2. The van der Waals surface area contributed by atoms with Crippen molar-refractivity contribution in [3.63, 3.8) is 0 Å². The van der Waals surface area contributed by atoms with E-state index >= 15 is 0 Å². The summed E-state index contributed by atoms with van der Waals surface area (Å²) < 4.78 is 5.58. The predicted octanol–water partition coefficient (Wildman–Crippen LogP) is 5.23. The molecule has 1 N–H and O–H groups in total. The molecule has 1 amide bonds. The first kappa shape index (κ1) is 21.0. The van der Waals surface area contributed by atoms with Gasteiger partial charge in [-0.2, -0.15) is 5.26 Å². The van der Waals surface area contributed by atoms with Crippen molar-refractivity contribution in [3.05, 3.63) is 64.7 Å². The number of amides is 1. The number of carbonyl (C=O) groups is 2. The summed E-state index contributed by atoms with van der Waals surface area (Å²) in [4.78, 5) is 25.8. The van der Waals surface area contributed by atoms with Gasteiger partial charge in [0.05, 0.1) is 16.7 Å². The van der Waals surface area contributed by atoms with Gasteiger partial charge in [-0.1, -0.05) is 41.9 Å². The summed E-state index contributed by atoms with van der Waals surface area (Å²) in [6.45, 7) is -0.369. The smallest absolute Gasteiger partial charge is 0.312 e. The lowest BCUT2D eigenvalue weighted by Crippen LogP contribution is -2.57. The summed E-state index contributed by atoms with van der Waals surface area (Å²) in [6, 6.07) is 17.2. The van der Waals surface area contributed by atoms with Crippen molar-refractivity contribution in [2.75, 3.05) is 11.9 Å². The number of rotatable bonds is 5.